The number of aryl methyl sites for hydroxylation is 1. The van der Waals surface area contributed by atoms with Crippen molar-refractivity contribution in [3.8, 4) is 0 Å². The number of fused-ring (bicyclic) bond motifs is 5. The van der Waals surface area contributed by atoms with Crippen LogP contribution in [0.15, 0.2) is 41.4 Å². The quantitative estimate of drug-likeness (QED) is 0.167. The predicted octanol–water partition coefficient (Wildman–Crippen LogP) is 2.44. The predicted molar refractivity (Wildman–Crippen MR) is 141 cm³/mol. The molecule has 8 heteroatoms. The maximum atomic E-state index is 12.8. The maximum Gasteiger partial charge on any atom is 0.233 e. The smallest absolute Gasteiger partial charge is 0.233 e. The monoisotopic (exact) mass is 565 g/mol. The number of allylic oxidation sites excluding steroid dienone is 2. The highest BCUT2D eigenvalue weighted by Crippen LogP contribution is 2.52. The summed E-state index contributed by atoms with van der Waals surface area (Å²) in [6, 6.07) is 8.93. The molecule has 5 unspecified atom stereocenters. The topological polar surface area (TPSA) is 77.0 Å². The van der Waals surface area contributed by atoms with Gasteiger partial charge in [0, 0.05) is 26.7 Å². The third-order valence-corrected chi connectivity index (χ3v) is 7.27. The van der Waals surface area contributed by atoms with Crippen LogP contribution in [0, 0.1) is 23.7 Å². The van der Waals surface area contributed by atoms with Crippen molar-refractivity contribution in [1.29, 1.82) is 0 Å². The number of nitrogens with zero attached hydrogens (tertiary/aromatic N) is 3. The third-order valence-electron chi connectivity index (χ3n) is 7.27. The van der Waals surface area contributed by atoms with Crippen LogP contribution in [0.3, 0.4) is 0 Å². The number of carbonyl (C=O) groups is 2. The summed E-state index contributed by atoms with van der Waals surface area (Å²) in [7, 11) is 5.87. The molecule has 33 heavy (non-hydrogen) atoms. The number of aliphatic imine (C=N–C) groups is 1. The number of carbonyl (C=O) groups excluding carboxylic acids is 2. The van der Waals surface area contributed by atoms with Gasteiger partial charge in [0.25, 0.3) is 0 Å². The zero-order valence-corrected chi connectivity index (χ0v) is 22.3. The minimum Gasteiger partial charge on any atom is -0.355 e. The molecule has 2 fully saturated rings. The Hall–Kier alpha value is -1.94. The molecule has 0 aromatic heterocycles. The molecule has 7 nitrogen and oxygen atoms in total. The van der Waals surface area contributed by atoms with Crippen LogP contribution >= 0.6 is 24.0 Å². The van der Waals surface area contributed by atoms with Crippen molar-refractivity contribution in [2.45, 2.75) is 25.8 Å². The maximum absolute atomic E-state index is 12.8. The first-order valence-electron chi connectivity index (χ1n) is 11.7. The molecule has 1 saturated carbocycles. The highest BCUT2D eigenvalue weighted by Gasteiger charge is 2.58. The van der Waals surface area contributed by atoms with Crippen molar-refractivity contribution in [1.82, 2.24) is 20.4 Å². The molecule has 1 aromatic rings. The fourth-order valence-electron chi connectivity index (χ4n) is 5.46. The molecule has 2 amide bonds. The largest absolute Gasteiger partial charge is 0.355 e. The molecule has 2 aliphatic carbocycles. The number of imide groups is 1. The van der Waals surface area contributed by atoms with E-state index in [1.807, 2.05) is 0 Å². The standard InChI is InChI=1S/C25H35N5O2.HI/c1-5-16-6-8-17(9-7-16)20(29(3)4)15-28-25(26-2)27-12-13-30-23(31)21-18-10-11-19(14-18)22(21)24(30)32;/h6-11,18-22H,5,12-15H2,1-4H3,(H2,26,27,28);1H. The number of hydrogen-bond acceptors (Lipinski definition) is 4. The zero-order valence-electron chi connectivity index (χ0n) is 20.0. The van der Waals surface area contributed by atoms with Gasteiger partial charge in [-0.2, -0.15) is 0 Å². The van der Waals surface area contributed by atoms with E-state index in [2.05, 4.69) is 78.0 Å². The lowest BCUT2D eigenvalue weighted by Crippen LogP contribution is -2.45. The van der Waals surface area contributed by atoms with E-state index < -0.39 is 0 Å². The molecule has 1 heterocycles. The van der Waals surface area contributed by atoms with E-state index in [0.29, 0.717) is 25.6 Å². The molecule has 0 radical (unpaired) electrons. The zero-order chi connectivity index (χ0) is 22.8. The minimum atomic E-state index is -0.130. The van der Waals surface area contributed by atoms with Crippen LogP contribution in [-0.2, 0) is 16.0 Å². The van der Waals surface area contributed by atoms with Crippen molar-refractivity contribution in [2.24, 2.45) is 28.7 Å². The van der Waals surface area contributed by atoms with Gasteiger partial charge in [-0.05, 0) is 49.9 Å². The Labute approximate surface area is 214 Å². The summed E-state index contributed by atoms with van der Waals surface area (Å²) in [5.74, 6) is 0.925. The van der Waals surface area contributed by atoms with E-state index in [1.165, 1.54) is 16.0 Å². The Balaban J connectivity index is 0.00000306. The molecular formula is C25H36IN5O2. The molecule has 0 spiro atoms. The second-order valence-electron chi connectivity index (χ2n) is 9.28. The third kappa shape index (κ3) is 5.11. The van der Waals surface area contributed by atoms with E-state index in [1.54, 1.807) is 7.05 Å². The Morgan fingerprint density at radius 1 is 1.09 bits per heavy atom. The van der Waals surface area contributed by atoms with Gasteiger partial charge in [-0.25, -0.2) is 0 Å². The summed E-state index contributed by atoms with van der Waals surface area (Å²) in [4.78, 5) is 33.6. The first-order chi connectivity index (χ1) is 15.4. The van der Waals surface area contributed by atoms with E-state index in [4.69, 9.17) is 0 Å². The highest BCUT2D eigenvalue weighted by molar-refractivity contribution is 14.0. The molecule has 1 aromatic carbocycles. The van der Waals surface area contributed by atoms with E-state index in [9.17, 15) is 9.59 Å². The van der Waals surface area contributed by atoms with Crippen LogP contribution < -0.4 is 10.6 Å². The second-order valence-corrected chi connectivity index (χ2v) is 9.28. The summed E-state index contributed by atoms with van der Waals surface area (Å²) in [5.41, 5.74) is 2.58. The number of benzene rings is 1. The van der Waals surface area contributed by atoms with Crippen LogP contribution in [-0.4, -0.2) is 68.4 Å². The summed E-state index contributed by atoms with van der Waals surface area (Å²) in [6.07, 6.45) is 6.25. The van der Waals surface area contributed by atoms with Gasteiger partial charge in [-0.1, -0.05) is 43.3 Å². The number of amides is 2. The number of halogens is 1. The Bertz CT molecular complexity index is 884. The fraction of sp³-hybridized carbons (Fsp3) is 0.560. The summed E-state index contributed by atoms with van der Waals surface area (Å²) < 4.78 is 0. The molecule has 2 bridgehead atoms. The molecule has 1 aliphatic heterocycles. The number of likely N-dealkylation sites (tertiary alicyclic amines) is 1. The Morgan fingerprint density at radius 3 is 2.21 bits per heavy atom. The van der Waals surface area contributed by atoms with Crippen molar-refractivity contribution >= 4 is 41.8 Å². The molecule has 5 atom stereocenters. The molecule has 4 rings (SSSR count). The molecular weight excluding hydrogens is 529 g/mol. The van der Waals surface area contributed by atoms with Gasteiger partial charge in [0.1, 0.15) is 0 Å². The molecule has 2 N–H and O–H groups in total. The average Bonchev–Trinajstić information content (AvgIpc) is 3.48. The number of likely N-dealkylation sites (N-methyl/N-ethyl adjacent to an activating group) is 1. The second kappa shape index (κ2) is 11.0. The van der Waals surface area contributed by atoms with Gasteiger partial charge >= 0.3 is 0 Å². The Kier molecular flexibility index (Phi) is 8.55. The molecule has 1 saturated heterocycles. The van der Waals surface area contributed by atoms with Crippen molar-refractivity contribution < 1.29 is 9.59 Å². The average molecular weight is 566 g/mol. The highest BCUT2D eigenvalue weighted by atomic mass is 127. The lowest BCUT2D eigenvalue weighted by molar-refractivity contribution is -0.140. The van der Waals surface area contributed by atoms with Crippen LogP contribution in [0.25, 0.3) is 0 Å². The van der Waals surface area contributed by atoms with Crippen LogP contribution in [0.5, 0.6) is 0 Å². The van der Waals surface area contributed by atoms with Gasteiger partial charge in [0.05, 0.1) is 17.9 Å². The fourth-order valence-corrected chi connectivity index (χ4v) is 5.46. The first-order valence-corrected chi connectivity index (χ1v) is 11.7. The van der Waals surface area contributed by atoms with Crippen molar-refractivity contribution in [3.05, 3.63) is 47.5 Å². The summed E-state index contributed by atoms with van der Waals surface area (Å²) in [6.45, 7) is 3.71. The van der Waals surface area contributed by atoms with Gasteiger partial charge in [0.15, 0.2) is 5.96 Å². The summed E-state index contributed by atoms with van der Waals surface area (Å²) in [5, 5.41) is 6.65. The van der Waals surface area contributed by atoms with Gasteiger partial charge in [0.2, 0.25) is 11.8 Å². The number of nitrogens with one attached hydrogen (secondary N) is 2. The minimum absolute atomic E-state index is 0. The van der Waals surface area contributed by atoms with E-state index in [-0.39, 0.29) is 65.5 Å². The van der Waals surface area contributed by atoms with E-state index >= 15 is 0 Å². The van der Waals surface area contributed by atoms with Gasteiger partial charge in [-0.3, -0.25) is 19.5 Å². The summed E-state index contributed by atoms with van der Waals surface area (Å²) >= 11 is 0. The number of guanidine groups is 1. The van der Waals surface area contributed by atoms with Crippen LogP contribution in [0.4, 0.5) is 0 Å². The van der Waals surface area contributed by atoms with Crippen molar-refractivity contribution in [2.75, 3.05) is 40.8 Å². The SMILES string of the molecule is CCc1ccc(C(CNC(=NC)NCCN2C(=O)C3C4C=CC(C4)C3C2=O)N(C)C)cc1.I. The number of hydrogen-bond donors (Lipinski definition) is 2. The van der Waals surface area contributed by atoms with Gasteiger partial charge in [-0.15, -0.1) is 24.0 Å². The molecule has 180 valence electrons. The Morgan fingerprint density at radius 2 is 1.70 bits per heavy atom. The van der Waals surface area contributed by atoms with Crippen molar-refractivity contribution in [3.63, 3.8) is 0 Å². The lowest BCUT2D eigenvalue weighted by Gasteiger charge is -2.26. The normalized spacial score (nSPS) is 26.6. The molecule has 3 aliphatic rings. The van der Waals surface area contributed by atoms with Crippen LogP contribution in [0.1, 0.15) is 30.5 Å². The van der Waals surface area contributed by atoms with Crippen LogP contribution in [0.2, 0.25) is 0 Å². The van der Waals surface area contributed by atoms with Gasteiger partial charge < -0.3 is 15.5 Å². The number of rotatable bonds is 8. The lowest BCUT2D eigenvalue weighted by atomic mass is 9.85. The van der Waals surface area contributed by atoms with E-state index in [0.717, 1.165) is 12.8 Å². The first kappa shape index (κ1) is 25.7.